The van der Waals surface area contributed by atoms with Crippen molar-refractivity contribution < 1.29 is 4.39 Å². The molecule has 0 atom stereocenters. The van der Waals surface area contributed by atoms with E-state index in [1.54, 1.807) is 36.9 Å². The third kappa shape index (κ3) is 2.54. The van der Waals surface area contributed by atoms with Crippen LogP contribution >= 0.6 is 0 Å². The molecule has 0 amide bonds. The molecule has 1 aromatic carbocycles. The zero-order chi connectivity index (χ0) is 17.2. The van der Waals surface area contributed by atoms with E-state index < -0.39 is 0 Å². The summed E-state index contributed by atoms with van der Waals surface area (Å²) in [6.45, 7) is 0.355. The van der Waals surface area contributed by atoms with Crippen molar-refractivity contribution in [1.82, 2.24) is 19.5 Å². The summed E-state index contributed by atoms with van der Waals surface area (Å²) in [5.74, 6) is 2.40. The van der Waals surface area contributed by atoms with Crippen molar-refractivity contribution in [2.75, 3.05) is 0 Å². The molecule has 4 nitrogen and oxygen atoms in total. The van der Waals surface area contributed by atoms with Crippen molar-refractivity contribution in [2.45, 2.75) is 6.54 Å². The van der Waals surface area contributed by atoms with Crippen LogP contribution in [0.4, 0.5) is 4.39 Å². The highest BCUT2D eigenvalue weighted by Gasteiger charge is 2.21. The van der Waals surface area contributed by atoms with Gasteiger partial charge in [0, 0.05) is 35.9 Å². The molecular formula is C20H13FN4. The second-order valence-electron chi connectivity index (χ2n) is 5.49. The lowest BCUT2D eigenvalue weighted by Gasteiger charge is -2.09. The van der Waals surface area contributed by atoms with Crippen molar-refractivity contribution in [3.63, 3.8) is 0 Å². The first-order valence-electron chi connectivity index (χ1n) is 7.72. The van der Waals surface area contributed by atoms with Gasteiger partial charge in [-0.3, -0.25) is 9.97 Å². The van der Waals surface area contributed by atoms with Gasteiger partial charge in [0.15, 0.2) is 5.65 Å². The molecule has 0 saturated carbocycles. The second kappa shape index (κ2) is 6.17. The number of nitrogens with zero attached hydrogens (tertiary/aromatic N) is 4. The predicted molar refractivity (Wildman–Crippen MR) is 95.0 cm³/mol. The van der Waals surface area contributed by atoms with Crippen LogP contribution in [0.3, 0.4) is 0 Å². The first-order chi connectivity index (χ1) is 12.3. The van der Waals surface area contributed by atoms with Gasteiger partial charge in [0.05, 0.1) is 12.2 Å². The van der Waals surface area contributed by atoms with Crippen LogP contribution in [-0.2, 0) is 6.54 Å². The number of pyridine rings is 1. The van der Waals surface area contributed by atoms with Gasteiger partial charge in [0.1, 0.15) is 11.3 Å². The van der Waals surface area contributed by atoms with Crippen LogP contribution in [0.15, 0.2) is 61.2 Å². The number of fused-ring (bicyclic) bond motifs is 1. The van der Waals surface area contributed by atoms with E-state index in [1.807, 2.05) is 16.7 Å². The summed E-state index contributed by atoms with van der Waals surface area (Å²) in [4.78, 5) is 13.1. The number of terminal acetylenes is 1. The Bertz CT molecular complexity index is 1080. The topological polar surface area (TPSA) is 43.6 Å². The molecule has 5 heteroatoms. The molecule has 3 heterocycles. The van der Waals surface area contributed by atoms with Gasteiger partial charge < -0.3 is 4.57 Å². The summed E-state index contributed by atoms with van der Waals surface area (Å²) in [6, 6.07) is 10.2. The van der Waals surface area contributed by atoms with E-state index in [1.165, 1.54) is 12.1 Å². The molecule has 0 unspecified atom stereocenters. The van der Waals surface area contributed by atoms with E-state index in [-0.39, 0.29) is 5.82 Å². The first kappa shape index (κ1) is 15.0. The summed E-state index contributed by atoms with van der Waals surface area (Å²) >= 11 is 0. The molecule has 0 radical (unpaired) electrons. The smallest absolute Gasteiger partial charge is 0.160 e. The first-order valence-corrected chi connectivity index (χ1v) is 7.72. The lowest BCUT2D eigenvalue weighted by Crippen LogP contribution is -2.00. The van der Waals surface area contributed by atoms with E-state index in [0.717, 1.165) is 27.9 Å². The Morgan fingerprint density at radius 1 is 0.920 bits per heavy atom. The molecule has 0 saturated heterocycles. The zero-order valence-electron chi connectivity index (χ0n) is 13.2. The maximum Gasteiger partial charge on any atom is 0.160 e. The predicted octanol–water partition coefficient (Wildman–Crippen LogP) is 3.93. The van der Waals surface area contributed by atoms with Gasteiger partial charge in [-0.05, 0) is 29.8 Å². The lowest BCUT2D eigenvalue weighted by atomic mass is 10.0. The molecule has 25 heavy (non-hydrogen) atoms. The summed E-state index contributed by atoms with van der Waals surface area (Å²) in [5, 5.41) is 0. The minimum atomic E-state index is -0.285. The van der Waals surface area contributed by atoms with Crippen LogP contribution in [0, 0.1) is 18.2 Å². The van der Waals surface area contributed by atoms with Crippen LogP contribution in [0.1, 0.15) is 0 Å². The fourth-order valence-electron chi connectivity index (χ4n) is 3.00. The number of halogens is 1. The average Bonchev–Trinajstić information content (AvgIpc) is 2.98. The Hall–Kier alpha value is -3.52. The lowest BCUT2D eigenvalue weighted by molar-refractivity contribution is 0.628. The van der Waals surface area contributed by atoms with Crippen molar-refractivity contribution >= 4 is 11.2 Å². The van der Waals surface area contributed by atoms with E-state index >= 15 is 0 Å². The Morgan fingerprint density at radius 3 is 2.36 bits per heavy atom. The van der Waals surface area contributed by atoms with Gasteiger partial charge in [0.25, 0.3) is 0 Å². The molecule has 0 aliphatic rings. The summed E-state index contributed by atoms with van der Waals surface area (Å²) in [7, 11) is 0. The van der Waals surface area contributed by atoms with Crippen LogP contribution in [-0.4, -0.2) is 19.5 Å². The van der Waals surface area contributed by atoms with Crippen LogP contribution in [0.2, 0.25) is 0 Å². The van der Waals surface area contributed by atoms with E-state index in [4.69, 9.17) is 6.42 Å². The van der Waals surface area contributed by atoms with Crippen LogP contribution in [0.5, 0.6) is 0 Å². The normalized spacial score (nSPS) is 10.7. The molecular weight excluding hydrogens is 315 g/mol. The Labute approximate surface area is 144 Å². The number of hydrogen-bond donors (Lipinski definition) is 0. The van der Waals surface area contributed by atoms with E-state index in [0.29, 0.717) is 12.2 Å². The van der Waals surface area contributed by atoms with Gasteiger partial charge in [-0.25, -0.2) is 9.37 Å². The number of hydrogen-bond acceptors (Lipinski definition) is 3. The van der Waals surface area contributed by atoms with Gasteiger partial charge in [-0.2, -0.15) is 0 Å². The third-order valence-corrected chi connectivity index (χ3v) is 4.01. The zero-order valence-corrected chi connectivity index (χ0v) is 13.2. The Balaban J connectivity index is 2.13. The standard InChI is InChI=1S/C20H13FN4/c1-2-13-25-19(15-7-9-22-10-8-15)17(14-3-5-16(21)6-4-14)18-20(25)24-12-11-23-18/h1,3-12H,13H2. The van der Waals surface area contributed by atoms with Crippen LogP contribution in [0.25, 0.3) is 33.5 Å². The highest BCUT2D eigenvalue weighted by atomic mass is 19.1. The second-order valence-corrected chi connectivity index (χ2v) is 5.49. The fourth-order valence-corrected chi connectivity index (χ4v) is 3.00. The SMILES string of the molecule is C#CCn1c(-c2ccncc2)c(-c2ccc(F)cc2)c2nccnc21. The monoisotopic (exact) mass is 328 g/mol. The van der Waals surface area contributed by atoms with Crippen molar-refractivity contribution in [3.8, 4) is 34.7 Å². The minimum absolute atomic E-state index is 0.285. The highest BCUT2D eigenvalue weighted by molar-refractivity contribution is 6.00. The fraction of sp³-hybridized carbons (Fsp3) is 0.0500. The molecule has 0 spiro atoms. The van der Waals surface area contributed by atoms with Crippen LogP contribution < -0.4 is 0 Å². The Morgan fingerprint density at radius 2 is 1.64 bits per heavy atom. The molecule has 0 N–H and O–H groups in total. The summed E-state index contributed by atoms with van der Waals surface area (Å²) < 4.78 is 15.4. The van der Waals surface area contributed by atoms with Gasteiger partial charge in [-0.1, -0.05) is 18.1 Å². The van der Waals surface area contributed by atoms with Gasteiger partial charge >= 0.3 is 0 Å². The summed E-state index contributed by atoms with van der Waals surface area (Å²) in [5.41, 5.74) is 5.01. The minimum Gasteiger partial charge on any atom is -0.312 e. The van der Waals surface area contributed by atoms with E-state index in [9.17, 15) is 4.39 Å². The third-order valence-electron chi connectivity index (χ3n) is 4.01. The maximum atomic E-state index is 13.4. The highest BCUT2D eigenvalue weighted by Crippen LogP contribution is 2.39. The molecule has 0 aliphatic carbocycles. The molecule has 0 bridgehead atoms. The van der Waals surface area contributed by atoms with E-state index in [2.05, 4.69) is 20.9 Å². The Kier molecular flexibility index (Phi) is 3.71. The van der Waals surface area contributed by atoms with Gasteiger partial charge in [-0.15, -0.1) is 6.42 Å². The number of benzene rings is 1. The van der Waals surface area contributed by atoms with Crippen molar-refractivity contribution in [3.05, 3.63) is 67.0 Å². The largest absolute Gasteiger partial charge is 0.312 e. The number of rotatable bonds is 3. The average molecular weight is 328 g/mol. The quantitative estimate of drug-likeness (QED) is 0.535. The summed E-state index contributed by atoms with van der Waals surface area (Å²) in [6.07, 6.45) is 12.3. The molecule has 0 aliphatic heterocycles. The molecule has 4 aromatic rings. The molecule has 120 valence electrons. The number of aromatic nitrogens is 4. The molecule has 0 fully saturated rings. The maximum absolute atomic E-state index is 13.4. The van der Waals surface area contributed by atoms with Crippen molar-refractivity contribution in [1.29, 1.82) is 0 Å². The van der Waals surface area contributed by atoms with Crippen molar-refractivity contribution in [2.24, 2.45) is 0 Å². The van der Waals surface area contributed by atoms with Gasteiger partial charge in [0.2, 0.25) is 0 Å². The molecule has 4 rings (SSSR count). The molecule has 3 aromatic heterocycles.